The van der Waals surface area contributed by atoms with Crippen LogP contribution in [0, 0.1) is 13.8 Å². The maximum atomic E-state index is 5.65. The van der Waals surface area contributed by atoms with Gasteiger partial charge >= 0.3 is 0 Å². The molecule has 0 aromatic heterocycles. The number of hydrogen-bond acceptors (Lipinski definition) is 1. The van der Waals surface area contributed by atoms with Gasteiger partial charge in [-0.05, 0) is 43.4 Å². The molecule has 0 saturated carbocycles. The van der Waals surface area contributed by atoms with Crippen LogP contribution >= 0.6 is 0 Å². The topological polar surface area (TPSA) is 9.23 Å². The SMILES string of the molecule is CCOc1cc(C)c(C)c2ccccc12. The van der Waals surface area contributed by atoms with Crippen LogP contribution in [0.15, 0.2) is 30.3 Å². The molecule has 2 aromatic carbocycles. The fourth-order valence-corrected chi connectivity index (χ4v) is 1.89. The Morgan fingerprint density at radius 1 is 1.07 bits per heavy atom. The van der Waals surface area contributed by atoms with Gasteiger partial charge < -0.3 is 4.74 Å². The molecule has 0 radical (unpaired) electrons. The molecule has 1 heteroatoms. The highest BCUT2D eigenvalue weighted by molar-refractivity contribution is 5.91. The molecule has 2 aromatic rings. The minimum atomic E-state index is 0.715. The summed E-state index contributed by atoms with van der Waals surface area (Å²) in [4.78, 5) is 0. The summed E-state index contributed by atoms with van der Waals surface area (Å²) in [5, 5.41) is 2.50. The second-order valence-corrected chi connectivity index (χ2v) is 3.80. The van der Waals surface area contributed by atoms with E-state index < -0.39 is 0 Å². The van der Waals surface area contributed by atoms with Crippen LogP contribution in [0.25, 0.3) is 10.8 Å². The van der Waals surface area contributed by atoms with Crippen LogP contribution in [0.1, 0.15) is 18.1 Å². The molecule has 2 rings (SSSR count). The van der Waals surface area contributed by atoms with Crippen LogP contribution in [-0.2, 0) is 0 Å². The van der Waals surface area contributed by atoms with Crippen LogP contribution in [0.5, 0.6) is 5.75 Å². The van der Waals surface area contributed by atoms with Gasteiger partial charge in [0, 0.05) is 5.39 Å². The third kappa shape index (κ3) is 1.70. The first-order valence-electron chi connectivity index (χ1n) is 5.35. The number of hydrogen-bond donors (Lipinski definition) is 0. The molecule has 0 atom stereocenters. The van der Waals surface area contributed by atoms with E-state index in [2.05, 4.69) is 44.2 Å². The summed E-state index contributed by atoms with van der Waals surface area (Å²) in [6, 6.07) is 10.5. The lowest BCUT2D eigenvalue weighted by Crippen LogP contribution is -1.94. The molecule has 1 nitrogen and oxygen atoms in total. The first-order chi connectivity index (χ1) is 7.24. The van der Waals surface area contributed by atoms with E-state index in [1.807, 2.05) is 6.92 Å². The van der Waals surface area contributed by atoms with Crippen molar-refractivity contribution in [2.24, 2.45) is 0 Å². The third-order valence-corrected chi connectivity index (χ3v) is 2.84. The average molecular weight is 200 g/mol. The zero-order valence-corrected chi connectivity index (χ0v) is 9.50. The van der Waals surface area contributed by atoms with Crippen molar-refractivity contribution in [2.45, 2.75) is 20.8 Å². The minimum absolute atomic E-state index is 0.715. The van der Waals surface area contributed by atoms with Gasteiger partial charge in [0.15, 0.2) is 0 Å². The van der Waals surface area contributed by atoms with Gasteiger partial charge in [-0.3, -0.25) is 0 Å². The van der Waals surface area contributed by atoms with Crippen LogP contribution in [0.2, 0.25) is 0 Å². The lowest BCUT2D eigenvalue weighted by Gasteiger charge is -2.11. The lowest BCUT2D eigenvalue weighted by molar-refractivity contribution is 0.344. The Morgan fingerprint density at radius 2 is 1.73 bits per heavy atom. The van der Waals surface area contributed by atoms with Gasteiger partial charge in [-0.2, -0.15) is 0 Å². The molecule has 0 heterocycles. The Balaban J connectivity index is 2.76. The lowest BCUT2D eigenvalue weighted by atomic mass is 10.0. The molecule has 0 amide bonds. The molecule has 0 unspecified atom stereocenters. The highest BCUT2D eigenvalue weighted by Crippen LogP contribution is 2.30. The zero-order chi connectivity index (χ0) is 10.8. The Labute approximate surface area is 90.7 Å². The number of benzene rings is 2. The molecule has 0 fully saturated rings. The van der Waals surface area contributed by atoms with Crippen molar-refractivity contribution in [1.29, 1.82) is 0 Å². The third-order valence-electron chi connectivity index (χ3n) is 2.84. The molecule has 0 spiro atoms. The summed E-state index contributed by atoms with van der Waals surface area (Å²) in [5.74, 6) is 0.996. The molecular weight excluding hydrogens is 184 g/mol. The summed E-state index contributed by atoms with van der Waals surface area (Å²) < 4.78 is 5.65. The maximum Gasteiger partial charge on any atom is 0.127 e. The van der Waals surface area contributed by atoms with Gasteiger partial charge in [-0.1, -0.05) is 24.3 Å². The highest BCUT2D eigenvalue weighted by Gasteiger charge is 2.06. The predicted octanol–water partition coefficient (Wildman–Crippen LogP) is 3.86. The van der Waals surface area contributed by atoms with E-state index in [1.54, 1.807) is 0 Å². The van der Waals surface area contributed by atoms with E-state index in [1.165, 1.54) is 21.9 Å². The fraction of sp³-hybridized carbons (Fsp3) is 0.286. The first-order valence-corrected chi connectivity index (χ1v) is 5.35. The zero-order valence-electron chi connectivity index (χ0n) is 9.50. The number of rotatable bonds is 2. The summed E-state index contributed by atoms with van der Waals surface area (Å²) in [7, 11) is 0. The maximum absolute atomic E-state index is 5.65. The quantitative estimate of drug-likeness (QED) is 0.715. The van der Waals surface area contributed by atoms with Gasteiger partial charge in [-0.25, -0.2) is 0 Å². The van der Waals surface area contributed by atoms with Crippen molar-refractivity contribution in [2.75, 3.05) is 6.61 Å². The van der Waals surface area contributed by atoms with Gasteiger partial charge in [0.05, 0.1) is 6.61 Å². The number of aryl methyl sites for hydroxylation is 2. The monoisotopic (exact) mass is 200 g/mol. The molecular formula is C14H16O. The Morgan fingerprint density at radius 3 is 2.40 bits per heavy atom. The molecule has 0 aliphatic heterocycles. The van der Waals surface area contributed by atoms with E-state index in [0.29, 0.717) is 6.61 Å². The predicted molar refractivity (Wildman–Crippen MR) is 64.6 cm³/mol. The van der Waals surface area contributed by atoms with E-state index in [-0.39, 0.29) is 0 Å². The van der Waals surface area contributed by atoms with Crippen LogP contribution in [0.4, 0.5) is 0 Å². The normalized spacial score (nSPS) is 10.6. The largest absolute Gasteiger partial charge is 0.493 e. The molecule has 0 N–H and O–H groups in total. The Kier molecular flexibility index (Phi) is 2.63. The molecule has 78 valence electrons. The van der Waals surface area contributed by atoms with E-state index >= 15 is 0 Å². The molecule has 0 aliphatic carbocycles. The number of ether oxygens (including phenoxy) is 1. The summed E-state index contributed by atoms with van der Waals surface area (Å²) in [6.07, 6.45) is 0. The second kappa shape index (κ2) is 3.93. The van der Waals surface area contributed by atoms with Gasteiger partial charge in [-0.15, -0.1) is 0 Å². The van der Waals surface area contributed by atoms with E-state index in [4.69, 9.17) is 4.74 Å². The smallest absolute Gasteiger partial charge is 0.127 e. The highest BCUT2D eigenvalue weighted by atomic mass is 16.5. The van der Waals surface area contributed by atoms with Crippen molar-refractivity contribution in [3.8, 4) is 5.75 Å². The summed E-state index contributed by atoms with van der Waals surface area (Å²) >= 11 is 0. The van der Waals surface area contributed by atoms with Crippen molar-refractivity contribution in [3.63, 3.8) is 0 Å². The van der Waals surface area contributed by atoms with Gasteiger partial charge in [0.25, 0.3) is 0 Å². The summed E-state index contributed by atoms with van der Waals surface area (Å²) in [6.45, 7) is 7.02. The van der Waals surface area contributed by atoms with Crippen LogP contribution < -0.4 is 4.74 Å². The standard InChI is InChI=1S/C14H16O/c1-4-15-14-9-10(2)11(3)12-7-5-6-8-13(12)14/h5-9H,4H2,1-3H3. The molecule has 0 aliphatic rings. The van der Waals surface area contributed by atoms with E-state index in [0.717, 1.165) is 5.75 Å². The molecule has 0 bridgehead atoms. The van der Waals surface area contributed by atoms with Crippen molar-refractivity contribution in [3.05, 3.63) is 41.5 Å². The molecule has 15 heavy (non-hydrogen) atoms. The number of fused-ring (bicyclic) bond motifs is 1. The van der Waals surface area contributed by atoms with Crippen molar-refractivity contribution < 1.29 is 4.74 Å². The average Bonchev–Trinajstić information content (AvgIpc) is 2.26. The first kappa shape index (κ1) is 10.0. The van der Waals surface area contributed by atoms with Gasteiger partial charge in [0.2, 0.25) is 0 Å². The second-order valence-electron chi connectivity index (χ2n) is 3.80. The van der Waals surface area contributed by atoms with Gasteiger partial charge in [0.1, 0.15) is 5.75 Å². The Bertz CT molecular complexity index is 486. The molecule has 0 saturated heterocycles. The Hall–Kier alpha value is -1.50. The van der Waals surface area contributed by atoms with Crippen molar-refractivity contribution >= 4 is 10.8 Å². The fourth-order valence-electron chi connectivity index (χ4n) is 1.89. The van der Waals surface area contributed by atoms with Crippen LogP contribution in [0.3, 0.4) is 0 Å². The summed E-state index contributed by atoms with van der Waals surface area (Å²) in [5.41, 5.74) is 2.63. The minimum Gasteiger partial charge on any atom is -0.493 e. The van der Waals surface area contributed by atoms with E-state index in [9.17, 15) is 0 Å². The van der Waals surface area contributed by atoms with Crippen LogP contribution in [-0.4, -0.2) is 6.61 Å². The van der Waals surface area contributed by atoms with Crippen molar-refractivity contribution in [1.82, 2.24) is 0 Å².